The molecule has 1 aliphatic carbocycles. The van der Waals surface area contributed by atoms with Gasteiger partial charge < -0.3 is 20.1 Å². The lowest BCUT2D eigenvalue weighted by Gasteiger charge is -2.37. The fraction of sp³-hybridized carbons (Fsp3) is 0.667. The Labute approximate surface area is 179 Å². The molecule has 3 unspecified atom stereocenters. The van der Waals surface area contributed by atoms with Crippen LogP contribution < -0.4 is 15.8 Å². The van der Waals surface area contributed by atoms with Crippen LogP contribution in [0, 0.1) is 0 Å². The van der Waals surface area contributed by atoms with Crippen LogP contribution in [0.2, 0.25) is 0 Å². The van der Waals surface area contributed by atoms with Crippen LogP contribution in [0.15, 0.2) is 16.9 Å². The SMILES string of the molecule is O=c1ccc(N2CCCCC2CNc2nc3c(s2)COCC3)nn1C1CCCC1O. The third kappa shape index (κ3) is 3.98. The van der Waals surface area contributed by atoms with E-state index >= 15 is 0 Å². The summed E-state index contributed by atoms with van der Waals surface area (Å²) in [5, 5.41) is 19.5. The van der Waals surface area contributed by atoms with E-state index in [-0.39, 0.29) is 11.6 Å². The summed E-state index contributed by atoms with van der Waals surface area (Å²) in [4.78, 5) is 20.7. The summed E-state index contributed by atoms with van der Waals surface area (Å²) >= 11 is 1.69. The first kappa shape index (κ1) is 20.0. The number of anilines is 2. The highest BCUT2D eigenvalue weighted by atomic mass is 32.1. The predicted molar refractivity (Wildman–Crippen MR) is 116 cm³/mol. The van der Waals surface area contributed by atoms with E-state index in [0.29, 0.717) is 12.6 Å². The molecule has 3 atom stereocenters. The summed E-state index contributed by atoms with van der Waals surface area (Å²) in [6.45, 7) is 3.14. The first-order valence-electron chi connectivity index (χ1n) is 11.0. The fourth-order valence-electron chi connectivity index (χ4n) is 4.83. The average molecular weight is 432 g/mol. The summed E-state index contributed by atoms with van der Waals surface area (Å²) in [7, 11) is 0. The summed E-state index contributed by atoms with van der Waals surface area (Å²) < 4.78 is 7.04. The van der Waals surface area contributed by atoms with Crippen molar-refractivity contribution in [3.05, 3.63) is 33.1 Å². The van der Waals surface area contributed by atoms with Gasteiger partial charge >= 0.3 is 0 Å². The number of ether oxygens (including phenoxy) is 1. The molecule has 2 fully saturated rings. The molecular weight excluding hydrogens is 402 g/mol. The Hall–Kier alpha value is -1.97. The summed E-state index contributed by atoms with van der Waals surface area (Å²) in [5.74, 6) is 0.826. The third-order valence-corrected chi connectivity index (χ3v) is 7.50. The van der Waals surface area contributed by atoms with Crippen molar-refractivity contribution in [2.24, 2.45) is 0 Å². The van der Waals surface area contributed by atoms with Crippen molar-refractivity contribution in [3.8, 4) is 0 Å². The molecule has 30 heavy (non-hydrogen) atoms. The van der Waals surface area contributed by atoms with Crippen molar-refractivity contribution in [2.75, 3.05) is 29.9 Å². The second-order valence-corrected chi connectivity index (χ2v) is 9.54. The highest BCUT2D eigenvalue weighted by Crippen LogP contribution is 2.30. The van der Waals surface area contributed by atoms with E-state index in [1.807, 2.05) is 6.07 Å². The quantitative estimate of drug-likeness (QED) is 0.751. The number of piperidine rings is 1. The number of aromatic nitrogens is 3. The Balaban J connectivity index is 1.32. The van der Waals surface area contributed by atoms with E-state index in [1.54, 1.807) is 17.4 Å². The van der Waals surface area contributed by atoms with Crippen LogP contribution in [0.4, 0.5) is 10.9 Å². The molecule has 2 N–H and O–H groups in total. The minimum atomic E-state index is -0.482. The van der Waals surface area contributed by atoms with E-state index in [4.69, 9.17) is 14.8 Å². The Bertz CT molecular complexity index is 921. The molecule has 1 saturated heterocycles. The van der Waals surface area contributed by atoms with Gasteiger partial charge in [-0.2, -0.15) is 5.10 Å². The van der Waals surface area contributed by atoms with Gasteiger partial charge in [0.25, 0.3) is 5.56 Å². The molecule has 9 heteroatoms. The first-order valence-corrected chi connectivity index (χ1v) is 11.9. The maximum atomic E-state index is 12.4. The van der Waals surface area contributed by atoms with Gasteiger partial charge in [-0.15, -0.1) is 0 Å². The number of thiazole rings is 1. The Morgan fingerprint density at radius 1 is 1.23 bits per heavy atom. The maximum absolute atomic E-state index is 12.4. The smallest absolute Gasteiger partial charge is 0.267 e. The van der Waals surface area contributed by atoms with Gasteiger partial charge in [0.05, 0.1) is 35.9 Å². The van der Waals surface area contributed by atoms with Gasteiger partial charge in [-0.05, 0) is 44.6 Å². The number of hydrogen-bond acceptors (Lipinski definition) is 8. The molecule has 2 aliphatic heterocycles. The number of aliphatic hydroxyl groups excluding tert-OH is 1. The van der Waals surface area contributed by atoms with Gasteiger partial charge in [-0.1, -0.05) is 11.3 Å². The Morgan fingerprint density at radius 3 is 3.00 bits per heavy atom. The van der Waals surface area contributed by atoms with Crippen LogP contribution in [0.5, 0.6) is 0 Å². The van der Waals surface area contributed by atoms with Gasteiger partial charge in [0.2, 0.25) is 0 Å². The van der Waals surface area contributed by atoms with Crippen molar-refractivity contribution in [2.45, 2.75) is 69.7 Å². The van der Waals surface area contributed by atoms with Gasteiger partial charge in [0.15, 0.2) is 5.13 Å². The standard InChI is InChI=1S/C21H29N5O3S/c27-17-6-3-5-16(17)26-20(28)8-7-19(24-26)25-10-2-1-4-14(25)12-22-21-23-15-9-11-29-13-18(15)30-21/h7-8,14,16-17,27H,1-6,9-13H2,(H,22,23). The molecule has 0 bridgehead atoms. The van der Waals surface area contributed by atoms with Crippen LogP contribution in [0.25, 0.3) is 0 Å². The van der Waals surface area contributed by atoms with E-state index in [2.05, 4.69) is 10.2 Å². The molecule has 0 amide bonds. The number of fused-ring (bicyclic) bond motifs is 1. The lowest BCUT2D eigenvalue weighted by molar-refractivity contribution is 0.112. The first-order chi connectivity index (χ1) is 14.7. The number of nitrogens with one attached hydrogen (secondary N) is 1. The van der Waals surface area contributed by atoms with Crippen LogP contribution in [0.1, 0.15) is 55.1 Å². The van der Waals surface area contributed by atoms with E-state index in [1.165, 1.54) is 16.0 Å². The zero-order valence-electron chi connectivity index (χ0n) is 17.1. The number of rotatable bonds is 5. The highest BCUT2D eigenvalue weighted by molar-refractivity contribution is 7.15. The van der Waals surface area contributed by atoms with E-state index in [9.17, 15) is 9.90 Å². The molecule has 0 radical (unpaired) electrons. The highest BCUT2D eigenvalue weighted by Gasteiger charge is 2.30. The molecule has 2 aromatic heterocycles. The molecule has 8 nitrogen and oxygen atoms in total. The Kier molecular flexibility index (Phi) is 5.75. The van der Waals surface area contributed by atoms with Crippen molar-refractivity contribution in [1.29, 1.82) is 0 Å². The average Bonchev–Trinajstić information content (AvgIpc) is 3.38. The van der Waals surface area contributed by atoms with Crippen LogP contribution >= 0.6 is 11.3 Å². The number of nitrogens with zero attached hydrogens (tertiary/aromatic N) is 4. The second-order valence-electron chi connectivity index (χ2n) is 8.46. The minimum Gasteiger partial charge on any atom is -0.391 e. The van der Waals surface area contributed by atoms with E-state index in [0.717, 1.165) is 74.9 Å². The minimum absolute atomic E-state index is 0.132. The molecule has 1 saturated carbocycles. The van der Waals surface area contributed by atoms with Crippen molar-refractivity contribution >= 4 is 22.3 Å². The van der Waals surface area contributed by atoms with Gasteiger partial charge in [-0.25, -0.2) is 9.67 Å². The summed E-state index contributed by atoms with van der Waals surface area (Å²) in [6, 6.07) is 3.52. The Morgan fingerprint density at radius 2 is 2.17 bits per heavy atom. The molecular formula is C21H29N5O3S. The molecule has 0 aromatic carbocycles. The lowest BCUT2D eigenvalue weighted by Crippen LogP contribution is -2.45. The lowest BCUT2D eigenvalue weighted by atomic mass is 10.0. The fourth-order valence-corrected chi connectivity index (χ4v) is 5.78. The molecule has 5 rings (SSSR count). The van der Waals surface area contributed by atoms with Crippen molar-refractivity contribution in [3.63, 3.8) is 0 Å². The predicted octanol–water partition coefficient (Wildman–Crippen LogP) is 2.33. The number of hydrogen-bond donors (Lipinski definition) is 2. The van der Waals surface area contributed by atoms with Crippen LogP contribution in [0.3, 0.4) is 0 Å². The monoisotopic (exact) mass is 431 g/mol. The molecule has 162 valence electrons. The van der Waals surface area contributed by atoms with Gasteiger partial charge in [-0.3, -0.25) is 4.79 Å². The van der Waals surface area contributed by atoms with Crippen molar-refractivity contribution < 1.29 is 9.84 Å². The van der Waals surface area contributed by atoms with Crippen molar-refractivity contribution in [1.82, 2.24) is 14.8 Å². The topological polar surface area (TPSA) is 92.5 Å². The van der Waals surface area contributed by atoms with Crippen LogP contribution in [-0.4, -0.2) is 51.7 Å². The second kappa shape index (κ2) is 8.64. The zero-order chi connectivity index (χ0) is 20.5. The van der Waals surface area contributed by atoms with Crippen LogP contribution in [-0.2, 0) is 17.8 Å². The molecule has 4 heterocycles. The maximum Gasteiger partial charge on any atom is 0.267 e. The summed E-state index contributed by atoms with van der Waals surface area (Å²) in [5.41, 5.74) is 1.03. The number of aliphatic hydroxyl groups is 1. The normalized spacial score (nSPS) is 26.6. The van der Waals surface area contributed by atoms with Gasteiger partial charge in [0.1, 0.15) is 5.82 Å². The third-order valence-electron chi connectivity index (χ3n) is 6.47. The summed E-state index contributed by atoms with van der Waals surface area (Å²) in [6.07, 6.45) is 6.27. The molecule has 3 aliphatic rings. The largest absolute Gasteiger partial charge is 0.391 e. The zero-order valence-corrected chi connectivity index (χ0v) is 17.9. The van der Waals surface area contributed by atoms with E-state index < -0.39 is 6.10 Å². The molecule has 2 aromatic rings. The van der Waals surface area contributed by atoms with Gasteiger partial charge in [0, 0.05) is 31.6 Å². The molecule has 0 spiro atoms.